The van der Waals surface area contributed by atoms with Gasteiger partial charge in [0.2, 0.25) is 0 Å². The Labute approximate surface area is 292 Å². The summed E-state index contributed by atoms with van der Waals surface area (Å²) >= 11 is 0. The van der Waals surface area contributed by atoms with Crippen LogP contribution in [0.15, 0.2) is 188 Å². The first kappa shape index (κ1) is 28.7. The summed E-state index contributed by atoms with van der Waals surface area (Å²) in [6.45, 7) is 0. The summed E-state index contributed by atoms with van der Waals surface area (Å²) < 4.78 is 0. The zero-order chi connectivity index (χ0) is 33.0. The van der Waals surface area contributed by atoms with E-state index in [-0.39, 0.29) is 5.92 Å². The van der Waals surface area contributed by atoms with Crippen molar-refractivity contribution in [2.24, 2.45) is 0 Å². The predicted octanol–water partition coefficient (Wildman–Crippen LogP) is 13.9. The lowest BCUT2D eigenvalue weighted by Gasteiger charge is -2.25. The number of rotatable bonds is 4. The van der Waals surface area contributed by atoms with Gasteiger partial charge in [0.15, 0.2) is 0 Å². The van der Waals surface area contributed by atoms with Gasteiger partial charge >= 0.3 is 0 Å². The molecular weight excluding hydrogens is 601 g/mol. The molecule has 9 aromatic carbocycles. The number of hydrogen-bond donors (Lipinski definition) is 0. The van der Waals surface area contributed by atoms with Crippen molar-refractivity contribution in [1.82, 2.24) is 0 Å². The summed E-state index contributed by atoms with van der Waals surface area (Å²) in [5.41, 5.74) is 9.20. The lowest BCUT2D eigenvalue weighted by atomic mass is 9.78. The molecule has 0 heteroatoms. The molecule has 9 aromatic rings. The van der Waals surface area contributed by atoms with Gasteiger partial charge in [0.25, 0.3) is 0 Å². The fraction of sp³-hybridized carbons (Fsp3) is 0.0400. The molecule has 0 radical (unpaired) electrons. The Morgan fingerprint density at radius 2 is 0.940 bits per heavy atom. The van der Waals surface area contributed by atoms with Crippen molar-refractivity contribution in [3.8, 4) is 22.3 Å². The second kappa shape index (κ2) is 11.7. The molecule has 234 valence electrons. The fourth-order valence-corrected chi connectivity index (χ4v) is 8.55. The van der Waals surface area contributed by atoms with E-state index in [1.807, 2.05) is 0 Å². The van der Waals surface area contributed by atoms with E-state index in [1.165, 1.54) is 92.8 Å². The Balaban J connectivity index is 1.19. The Kier molecular flexibility index (Phi) is 6.74. The molecule has 50 heavy (non-hydrogen) atoms. The van der Waals surface area contributed by atoms with Crippen molar-refractivity contribution in [2.75, 3.05) is 0 Å². The van der Waals surface area contributed by atoms with E-state index >= 15 is 0 Å². The smallest absolute Gasteiger partial charge is 0.00740 e. The van der Waals surface area contributed by atoms with Gasteiger partial charge in [-0.2, -0.15) is 0 Å². The van der Waals surface area contributed by atoms with E-state index in [0.29, 0.717) is 0 Å². The van der Waals surface area contributed by atoms with Gasteiger partial charge in [-0.25, -0.2) is 0 Å². The van der Waals surface area contributed by atoms with E-state index < -0.39 is 0 Å². The summed E-state index contributed by atoms with van der Waals surface area (Å²) in [5, 5.41) is 13.0. The van der Waals surface area contributed by atoms with Gasteiger partial charge in [0.05, 0.1) is 0 Å². The Bertz CT molecular complexity index is 2790. The van der Waals surface area contributed by atoms with Crippen molar-refractivity contribution >= 4 is 59.4 Å². The Hall–Kier alpha value is -6.24. The predicted molar refractivity (Wildman–Crippen MR) is 216 cm³/mol. The third-order valence-electron chi connectivity index (χ3n) is 10.8. The highest BCUT2D eigenvalue weighted by molar-refractivity contribution is 6.20. The minimum atomic E-state index is 0.255. The molecule has 10 rings (SSSR count). The van der Waals surface area contributed by atoms with Crippen LogP contribution in [0.5, 0.6) is 0 Å². The molecule has 1 aliphatic carbocycles. The first-order chi connectivity index (χ1) is 24.8. The average Bonchev–Trinajstić information content (AvgIpc) is 3.19. The molecule has 0 bridgehead atoms. The van der Waals surface area contributed by atoms with Crippen LogP contribution in [-0.4, -0.2) is 0 Å². The van der Waals surface area contributed by atoms with Gasteiger partial charge in [-0.15, -0.1) is 0 Å². The molecule has 0 aromatic heterocycles. The second-order valence-corrected chi connectivity index (χ2v) is 13.6. The van der Waals surface area contributed by atoms with Crippen LogP contribution < -0.4 is 0 Å². The minimum Gasteiger partial charge on any atom is -0.0766 e. The van der Waals surface area contributed by atoms with E-state index in [9.17, 15) is 0 Å². The molecule has 0 heterocycles. The highest BCUT2D eigenvalue weighted by Crippen LogP contribution is 2.48. The standard InChI is InChI=1S/C50H34/c1-2-15-34-30-36(29-28-33(34)14-1)35-17-13-18-38(31-35)49-44-24-9-11-26-46(44)50(47-27-12-10-25-45(47)49)43-23-8-7-22-42(43)48-32-37-16-3-4-19-39(37)40-20-5-6-21-41(40)48/h1-30,32,38H,31H2. The highest BCUT2D eigenvalue weighted by atomic mass is 14.3. The molecule has 0 saturated heterocycles. The van der Waals surface area contributed by atoms with Crippen LogP contribution in [0.4, 0.5) is 0 Å². The molecule has 0 amide bonds. The summed E-state index contributed by atoms with van der Waals surface area (Å²) in [7, 11) is 0. The van der Waals surface area contributed by atoms with Crippen LogP contribution >= 0.6 is 0 Å². The van der Waals surface area contributed by atoms with Crippen molar-refractivity contribution in [3.63, 3.8) is 0 Å². The van der Waals surface area contributed by atoms with Crippen LogP contribution in [0.25, 0.3) is 81.7 Å². The lowest BCUT2D eigenvalue weighted by Crippen LogP contribution is -2.04. The van der Waals surface area contributed by atoms with E-state index in [1.54, 1.807) is 0 Å². The Morgan fingerprint density at radius 1 is 0.380 bits per heavy atom. The van der Waals surface area contributed by atoms with Crippen molar-refractivity contribution < 1.29 is 0 Å². The van der Waals surface area contributed by atoms with Gasteiger partial charge in [0, 0.05) is 5.92 Å². The molecule has 0 aliphatic heterocycles. The minimum absolute atomic E-state index is 0.255. The first-order valence-corrected chi connectivity index (χ1v) is 17.6. The summed E-state index contributed by atoms with van der Waals surface area (Å²) in [5.74, 6) is 0.255. The Morgan fingerprint density at radius 3 is 1.68 bits per heavy atom. The normalized spacial score (nSPS) is 14.6. The quantitative estimate of drug-likeness (QED) is 0.133. The van der Waals surface area contributed by atoms with Gasteiger partial charge in [-0.3, -0.25) is 0 Å². The van der Waals surface area contributed by atoms with E-state index in [0.717, 1.165) is 6.42 Å². The molecule has 0 N–H and O–H groups in total. The molecule has 1 atom stereocenters. The molecule has 0 fully saturated rings. The topological polar surface area (TPSA) is 0 Å². The number of benzene rings is 9. The number of fused-ring (bicyclic) bond motifs is 6. The van der Waals surface area contributed by atoms with Gasteiger partial charge in [0.1, 0.15) is 0 Å². The monoisotopic (exact) mass is 634 g/mol. The number of allylic oxidation sites excluding steroid dienone is 4. The molecule has 0 saturated carbocycles. The molecule has 0 spiro atoms. The maximum atomic E-state index is 2.41. The molecular formula is C50H34. The third kappa shape index (κ3) is 4.60. The molecule has 0 nitrogen and oxygen atoms in total. The highest BCUT2D eigenvalue weighted by Gasteiger charge is 2.24. The maximum Gasteiger partial charge on any atom is 0.00740 e. The third-order valence-corrected chi connectivity index (χ3v) is 10.8. The lowest BCUT2D eigenvalue weighted by molar-refractivity contribution is 0.884. The fourth-order valence-electron chi connectivity index (χ4n) is 8.55. The summed E-state index contributed by atoms with van der Waals surface area (Å²) in [6.07, 6.45) is 7.95. The van der Waals surface area contributed by atoms with E-state index in [4.69, 9.17) is 0 Å². The summed E-state index contributed by atoms with van der Waals surface area (Å²) in [6, 6.07) is 62.8. The maximum absolute atomic E-state index is 2.41. The summed E-state index contributed by atoms with van der Waals surface area (Å²) in [4.78, 5) is 0. The van der Waals surface area contributed by atoms with Gasteiger partial charge in [-0.05, 0) is 111 Å². The van der Waals surface area contributed by atoms with Crippen molar-refractivity contribution in [3.05, 3.63) is 199 Å². The van der Waals surface area contributed by atoms with Crippen molar-refractivity contribution in [1.29, 1.82) is 0 Å². The zero-order valence-corrected chi connectivity index (χ0v) is 27.7. The van der Waals surface area contributed by atoms with Crippen LogP contribution in [0.3, 0.4) is 0 Å². The molecule has 1 aliphatic rings. The van der Waals surface area contributed by atoms with Crippen LogP contribution in [0, 0.1) is 0 Å². The van der Waals surface area contributed by atoms with Crippen LogP contribution in [-0.2, 0) is 0 Å². The largest absolute Gasteiger partial charge is 0.0766 e. The SMILES string of the molecule is C1=CC(c2c3ccccc3c(-c3ccccc3-c3cc4ccccc4c4ccccc34)c3ccccc23)CC(c2ccc3ccccc3c2)=C1. The van der Waals surface area contributed by atoms with E-state index in [2.05, 4.69) is 188 Å². The van der Waals surface area contributed by atoms with Crippen LogP contribution in [0.2, 0.25) is 0 Å². The van der Waals surface area contributed by atoms with Gasteiger partial charge in [-0.1, -0.05) is 176 Å². The first-order valence-electron chi connectivity index (χ1n) is 17.6. The van der Waals surface area contributed by atoms with Crippen LogP contribution in [0.1, 0.15) is 23.5 Å². The number of hydrogen-bond acceptors (Lipinski definition) is 0. The zero-order valence-electron chi connectivity index (χ0n) is 27.7. The van der Waals surface area contributed by atoms with Crippen molar-refractivity contribution in [2.45, 2.75) is 12.3 Å². The second-order valence-electron chi connectivity index (χ2n) is 13.6. The van der Waals surface area contributed by atoms with Gasteiger partial charge < -0.3 is 0 Å². The molecule has 1 unspecified atom stereocenters. The average molecular weight is 635 g/mol.